The molecule has 4 aromatic carbocycles. The molecule has 13 nitrogen and oxygen atoms in total. The number of nitro benzene ring substituents is 1. The molecule has 1 amide bonds. The van der Waals surface area contributed by atoms with Crippen LogP contribution in [0.4, 0.5) is 11.4 Å². The first-order valence-corrected chi connectivity index (χ1v) is 16.8. The molecule has 1 unspecified atom stereocenters. The van der Waals surface area contributed by atoms with E-state index in [4.69, 9.17) is 0 Å². The van der Waals surface area contributed by atoms with Crippen LogP contribution in [0, 0.1) is 16.0 Å². The molecule has 0 spiro atoms. The Morgan fingerprint density at radius 2 is 1.73 bits per heavy atom. The van der Waals surface area contributed by atoms with Crippen molar-refractivity contribution < 1.29 is 19.9 Å². The molecule has 1 aliphatic rings. The molecule has 0 radical (unpaired) electrons. The molecule has 2 aromatic heterocycles. The second-order valence-corrected chi connectivity index (χ2v) is 12.8. The van der Waals surface area contributed by atoms with Crippen molar-refractivity contribution in [3.05, 3.63) is 164 Å². The summed E-state index contributed by atoms with van der Waals surface area (Å²) in [7, 11) is 0. The highest BCUT2D eigenvalue weighted by Crippen LogP contribution is 2.47. The molecule has 0 aliphatic carbocycles. The van der Waals surface area contributed by atoms with Gasteiger partial charge in [0.15, 0.2) is 5.60 Å². The fourth-order valence-corrected chi connectivity index (χ4v) is 6.69. The van der Waals surface area contributed by atoms with Crippen molar-refractivity contribution in [3.63, 3.8) is 0 Å². The Morgan fingerprint density at radius 1 is 0.981 bits per heavy atom. The van der Waals surface area contributed by atoms with E-state index in [1.165, 1.54) is 27.8 Å². The number of benzene rings is 4. The Balaban J connectivity index is 1.08. The van der Waals surface area contributed by atoms with Gasteiger partial charge in [0.2, 0.25) is 0 Å². The first kappa shape index (κ1) is 34.2. The van der Waals surface area contributed by atoms with Gasteiger partial charge in [0, 0.05) is 41.7 Å². The first-order valence-electron chi connectivity index (χ1n) is 16.8. The van der Waals surface area contributed by atoms with Crippen LogP contribution < -0.4 is 10.5 Å². The zero-order chi connectivity index (χ0) is 36.4. The third-order valence-corrected chi connectivity index (χ3v) is 9.59. The summed E-state index contributed by atoms with van der Waals surface area (Å²) in [6.07, 6.45) is 7.48. The van der Waals surface area contributed by atoms with E-state index in [0.29, 0.717) is 41.0 Å². The van der Waals surface area contributed by atoms with Crippen molar-refractivity contribution in [2.45, 2.75) is 38.0 Å². The minimum absolute atomic E-state index is 0.0785. The maximum atomic E-state index is 14.1. The summed E-state index contributed by atoms with van der Waals surface area (Å²) < 4.78 is 2.98. The van der Waals surface area contributed by atoms with Gasteiger partial charge >= 0.3 is 0 Å². The smallest absolute Gasteiger partial charge is 0.279 e. The average Bonchev–Trinajstić information content (AvgIpc) is 3.72. The number of amides is 1. The summed E-state index contributed by atoms with van der Waals surface area (Å²) in [6, 6.07) is 27.9. The molecule has 262 valence electrons. The van der Waals surface area contributed by atoms with E-state index in [1.807, 2.05) is 48.5 Å². The fraction of sp³-hybridized carbons (Fsp3) is 0.205. The van der Waals surface area contributed by atoms with Gasteiger partial charge in [-0.1, -0.05) is 85.0 Å². The topological polar surface area (TPSA) is 170 Å². The number of hydrogen-bond donors (Lipinski definition) is 2. The van der Waals surface area contributed by atoms with Crippen LogP contribution in [0.5, 0.6) is 0 Å². The van der Waals surface area contributed by atoms with Gasteiger partial charge in [0.05, 0.1) is 52.6 Å². The molecule has 52 heavy (non-hydrogen) atoms. The summed E-state index contributed by atoms with van der Waals surface area (Å²) in [5.41, 5.74) is 0.810. The average molecular weight is 698 g/mol. The fourth-order valence-electron chi connectivity index (χ4n) is 6.69. The van der Waals surface area contributed by atoms with Crippen molar-refractivity contribution in [3.8, 4) is 5.69 Å². The second kappa shape index (κ2) is 14.1. The first-order chi connectivity index (χ1) is 25.2. The number of aliphatic hydroxyl groups excluding tert-OH is 1. The van der Waals surface area contributed by atoms with Crippen molar-refractivity contribution >= 4 is 28.1 Å². The van der Waals surface area contributed by atoms with E-state index >= 15 is 0 Å². The SMILES string of the molecule is C[C@H](/C=C/CCn1cc(C(CO)c2ccccc2)nn1)[C@@]1(O)C(=O)N(Cc2ccc(-n3ncc4ccccc4c3=O)cc2)c2ccc([N+](=O)[O-])cc21. The summed E-state index contributed by atoms with van der Waals surface area (Å²) in [5, 5.41) is 47.9. The molecule has 0 fully saturated rings. The monoisotopic (exact) mass is 697 g/mol. The van der Waals surface area contributed by atoms with E-state index in [-0.39, 0.29) is 35.9 Å². The Bertz CT molecular complexity index is 2360. The second-order valence-electron chi connectivity index (χ2n) is 12.8. The summed E-state index contributed by atoms with van der Waals surface area (Å²) in [5.74, 6) is -1.65. The number of nitrogens with zero attached hydrogens (tertiary/aromatic N) is 7. The maximum absolute atomic E-state index is 14.1. The van der Waals surface area contributed by atoms with E-state index in [0.717, 1.165) is 10.9 Å². The lowest BCUT2D eigenvalue weighted by atomic mass is 9.82. The molecule has 6 aromatic rings. The van der Waals surface area contributed by atoms with Crippen molar-refractivity contribution in [2.75, 3.05) is 11.5 Å². The lowest BCUT2D eigenvalue weighted by Crippen LogP contribution is -2.44. The van der Waals surface area contributed by atoms with Crippen molar-refractivity contribution in [1.29, 1.82) is 0 Å². The van der Waals surface area contributed by atoms with E-state index in [2.05, 4.69) is 15.4 Å². The largest absolute Gasteiger partial charge is 0.395 e. The number of nitro groups is 1. The predicted molar refractivity (Wildman–Crippen MR) is 194 cm³/mol. The summed E-state index contributed by atoms with van der Waals surface area (Å²) in [4.78, 5) is 39.8. The van der Waals surface area contributed by atoms with Gasteiger partial charge < -0.3 is 15.1 Å². The predicted octanol–water partition coefficient (Wildman–Crippen LogP) is 5.03. The molecule has 0 saturated heterocycles. The standard InChI is InChI=1S/C39H35N7O6/c1-26(9-7-8-20-43-24-35(41-42-43)33(25-47)28-10-3-2-4-11-28)39(50)34-21-31(46(51)52)18-19-36(34)44(38(39)49)23-27-14-16-30(17-15-27)45-37(48)32-13-6-5-12-29(32)22-40-45/h2-7,9-19,21-22,24,26,33,47,50H,8,20,23,25H2,1H3/b9-7+/t26-,33?,39+/m1/s1. The summed E-state index contributed by atoms with van der Waals surface area (Å²) in [6.45, 7) is 2.12. The van der Waals surface area contributed by atoms with Gasteiger partial charge in [0.25, 0.3) is 17.2 Å². The number of carbonyl (C=O) groups excluding carboxylic acids is 1. The molecule has 3 atom stereocenters. The van der Waals surface area contributed by atoms with Crippen LogP contribution in [0.25, 0.3) is 16.5 Å². The van der Waals surface area contributed by atoms with E-state index in [9.17, 15) is 29.9 Å². The number of rotatable bonds is 12. The Hall–Kier alpha value is -6.31. The van der Waals surface area contributed by atoms with Gasteiger partial charge in [-0.25, -0.2) is 0 Å². The number of allylic oxidation sites excluding steroid dienone is 1. The third kappa shape index (κ3) is 6.27. The van der Waals surface area contributed by atoms with Gasteiger partial charge in [-0.3, -0.25) is 24.4 Å². The van der Waals surface area contributed by atoms with Gasteiger partial charge in [-0.15, -0.1) is 5.10 Å². The molecule has 0 saturated carbocycles. The minimum atomic E-state index is -2.06. The molecule has 3 heterocycles. The van der Waals surface area contributed by atoms with Crippen LogP contribution in [0.2, 0.25) is 0 Å². The third-order valence-electron chi connectivity index (χ3n) is 9.59. The molecule has 13 heteroatoms. The molecular formula is C39H35N7O6. The Kier molecular flexibility index (Phi) is 9.28. The van der Waals surface area contributed by atoms with E-state index in [1.54, 1.807) is 66.5 Å². The quantitative estimate of drug-likeness (QED) is 0.101. The molecule has 7 rings (SSSR count). The Morgan fingerprint density at radius 3 is 2.48 bits per heavy atom. The zero-order valence-electron chi connectivity index (χ0n) is 28.2. The van der Waals surface area contributed by atoms with Crippen LogP contribution in [0.1, 0.15) is 41.6 Å². The number of fused-ring (bicyclic) bond motifs is 2. The van der Waals surface area contributed by atoms with E-state index < -0.39 is 22.3 Å². The van der Waals surface area contributed by atoms with Gasteiger partial charge in [-0.05, 0) is 41.8 Å². The molecular weight excluding hydrogens is 662 g/mol. The minimum Gasteiger partial charge on any atom is -0.395 e. The Labute approximate surface area is 297 Å². The molecule has 1 aliphatic heterocycles. The number of carbonyl (C=O) groups is 1. The lowest BCUT2D eigenvalue weighted by molar-refractivity contribution is -0.385. The van der Waals surface area contributed by atoms with Crippen LogP contribution in [0.3, 0.4) is 0 Å². The molecule has 0 bridgehead atoms. The normalized spacial score (nSPS) is 16.8. The zero-order valence-corrected chi connectivity index (χ0v) is 28.2. The van der Waals surface area contributed by atoms with Crippen molar-refractivity contribution in [1.82, 2.24) is 24.8 Å². The molecule has 2 N–H and O–H groups in total. The summed E-state index contributed by atoms with van der Waals surface area (Å²) >= 11 is 0. The van der Waals surface area contributed by atoms with Crippen LogP contribution in [-0.4, -0.2) is 52.4 Å². The highest BCUT2D eigenvalue weighted by molar-refractivity contribution is 6.07. The number of aryl methyl sites for hydroxylation is 1. The highest BCUT2D eigenvalue weighted by Gasteiger charge is 2.53. The number of aliphatic hydroxyl groups is 2. The van der Waals surface area contributed by atoms with Crippen LogP contribution in [-0.2, 0) is 23.5 Å². The van der Waals surface area contributed by atoms with Gasteiger partial charge in [-0.2, -0.15) is 9.78 Å². The number of anilines is 1. The van der Waals surface area contributed by atoms with Gasteiger partial charge in [0.1, 0.15) is 0 Å². The van der Waals surface area contributed by atoms with Crippen LogP contribution >= 0.6 is 0 Å². The maximum Gasteiger partial charge on any atom is 0.279 e. The lowest BCUT2D eigenvalue weighted by Gasteiger charge is -2.27. The number of non-ortho nitro benzene ring substituents is 1. The number of hydrogen-bond acceptors (Lipinski definition) is 9. The highest BCUT2D eigenvalue weighted by atomic mass is 16.6. The van der Waals surface area contributed by atoms with Crippen LogP contribution in [0.15, 0.2) is 126 Å². The number of aromatic nitrogens is 5. The van der Waals surface area contributed by atoms with Crippen molar-refractivity contribution in [2.24, 2.45) is 5.92 Å².